The first kappa shape index (κ1) is 15.6. The van der Waals surface area contributed by atoms with Crippen molar-refractivity contribution in [2.75, 3.05) is 7.11 Å². The van der Waals surface area contributed by atoms with Crippen LogP contribution >= 0.6 is 0 Å². The first-order chi connectivity index (χ1) is 9.55. The van der Waals surface area contributed by atoms with Gasteiger partial charge in [0.05, 0.1) is 12.7 Å². The Kier molecular flexibility index (Phi) is 3.64. The topological polar surface area (TPSA) is 35.5 Å². The van der Waals surface area contributed by atoms with Crippen LogP contribution < -0.4 is 9.47 Å². The quantitative estimate of drug-likeness (QED) is 0.752. The molecule has 0 spiro atoms. The van der Waals surface area contributed by atoms with E-state index in [1.54, 1.807) is 14.0 Å². The molecule has 1 aromatic carbocycles. The lowest BCUT2D eigenvalue weighted by Crippen LogP contribution is -2.31. The minimum atomic E-state index is -0.377. The second-order valence-electron chi connectivity index (χ2n) is 7.12. The van der Waals surface area contributed by atoms with Crippen molar-refractivity contribution in [1.29, 1.82) is 0 Å². The van der Waals surface area contributed by atoms with Gasteiger partial charge in [-0.15, -0.1) is 0 Å². The summed E-state index contributed by atoms with van der Waals surface area (Å²) in [5, 5.41) is 0. The number of carbonyl (C=O) groups is 1. The van der Waals surface area contributed by atoms with Crippen molar-refractivity contribution >= 4 is 11.4 Å². The predicted molar refractivity (Wildman–Crippen MR) is 85.1 cm³/mol. The Morgan fingerprint density at radius 2 is 1.86 bits per heavy atom. The van der Waals surface area contributed by atoms with Crippen LogP contribution in [0.3, 0.4) is 0 Å². The Hall–Kier alpha value is -1.77. The summed E-state index contributed by atoms with van der Waals surface area (Å²) in [5.74, 6) is 1.33. The van der Waals surface area contributed by atoms with E-state index in [0.29, 0.717) is 11.3 Å². The monoisotopic (exact) mass is 288 g/mol. The van der Waals surface area contributed by atoms with Gasteiger partial charge in [-0.3, -0.25) is 4.79 Å². The fourth-order valence-corrected chi connectivity index (χ4v) is 2.66. The highest BCUT2D eigenvalue weighted by molar-refractivity contribution is 5.98. The zero-order valence-corrected chi connectivity index (χ0v) is 14.0. The molecule has 0 saturated carbocycles. The first-order valence-corrected chi connectivity index (χ1v) is 7.21. The van der Waals surface area contributed by atoms with E-state index in [0.717, 1.165) is 11.3 Å². The molecule has 1 heterocycles. The zero-order valence-electron chi connectivity index (χ0n) is 14.0. The molecule has 3 heteroatoms. The Morgan fingerprint density at radius 1 is 1.24 bits per heavy atom. The molecule has 1 aliphatic rings. The van der Waals surface area contributed by atoms with Crippen molar-refractivity contribution in [1.82, 2.24) is 0 Å². The van der Waals surface area contributed by atoms with Crippen LogP contribution in [-0.4, -0.2) is 18.5 Å². The normalized spacial score (nSPS) is 16.6. The standard InChI is InChI=1S/C18H24O3/c1-11(19)12-8-13-14(17(2,3)4)10-18(5,6)21-16(13)9-15(12)20-7/h8-10H,1-7H3. The maximum atomic E-state index is 11.9. The Bertz CT molecular complexity index is 616. The van der Waals surface area contributed by atoms with E-state index in [9.17, 15) is 4.79 Å². The van der Waals surface area contributed by atoms with Crippen molar-refractivity contribution in [3.05, 3.63) is 29.3 Å². The molecule has 0 aromatic heterocycles. The molecule has 3 nitrogen and oxygen atoms in total. The van der Waals surface area contributed by atoms with Crippen LogP contribution in [0.4, 0.5) is 0 Å². The molecule has 0 unspecified atom stereocenters. The largest absolute Gasteiger partial charge is 0.496 e. The summed E-state index contributed by atoms with van der Waals surface area (Å²) in [6.07, 6.45) is 2.14. The van der Waals surface area contributed by atoms with Crippen molar-refractivity contribution in [2.45, 2.75) is 47.1 Å². The van der Waals surface area contributed by atoms with Gasteiger partial charge in [-0.1, -0.05) is 20.8 Å². The first-order valence-electron chi connectivity index (χ1n) is 7.21. The summed E-state index contributed by atoms with van der Waals surface area (Å²) < 4.78 is 11.4. The van der Waals surface area contributed by atoms with Crippen LogP contribution in [0.2, 0.25) is 0 Å². The van der Waals surface area contributed by atoms with E-state index in [2.05, 4.69) is 26.8 Å². The van der Waals surface area contributed by atoms with Crippen LogP contribution in [0.1, 0.15) is 57.5 Å². The van der Waals surface area contributed by atoms with Gasteiger partial charge in [0.1, 0.15) is 17.1 Å². The summed E-state index contributed by atoms with van der Waals surface area (Å²) in [6.45, 7) is 12.1. The smallest absolute Gasteiger partial charge is 0.163 e. The number of rotatable bonds is 2. The number of fused-ring (bicyclic) bond motifs is 1. The second kappa shape index (κ2) is 4.90. The number of carbonyl (C=O) groups excluding carboxylic acids is 1. The van der Waals surface area contributed by atoms with E-state index in [1.165, 1.54) is 5.57 Å². The highest BCUT2D eigenvalue weighted by Gasteiger charge is 2.33. The van der Waals surface area contributed by atoms with E-state index >= 15 is 0 Å². The minimum absolute atomic E-state index is 0.00672. The lowest BCUT2D eigenvalue weighted by Gasteiger charge is -2.36. The number of Topliss-reactive ketones (excluding diaryl/α,β-unsaturated/α-hetero) is 1. The predicted octanol–water partition coefficient (Wildman–Crippen LogP) is 4.50. The molecule has 0 radical (unpaired) electrons. The van der Waals surface area contributed by atoms with Crippen molar-refractivity contribution in [2.24, 2.45) is 5.41 Å². The third kappa shape index (κ3) is 2.97. The van der Waals surface area contributed by atoms with Crippen LogP contribution in [0.5, 0.6) is 11.5 Å². The molecule has 1 aromatic rings. The number of benzene rings is 1. The molecule has 0 aliphatic carbocycles. The number of hydrogen-bond donors (Lipinski definition) is 0. The van der Waals surface area contributed by atoms with Gasteiger partial charge in [0.25, 0.3) is 0 Å². The second-order valence-corrected chi connectivity index (χ2v) is 7.12. The number of hydrogen-bond acceptors (Lipinski definition) is 3. The van der Waals surface area contributed by atoms with Crippen molar-refractivity contribution < 1.29 is 14.3 Å². The van der Waals surface area contributed by atoms with Crippen LogP contribution in [0.25, 0.3) is 5.57 Å². The van der Waals surface area contributed by atoms with Gasteiger partial charge < -0.3 is 9.47 Å². The van der Waals surface area contributed by atoms with Gasteiger partial charge in [-0.05, 0) is 43.9 Å². The maximum Gasteiger partial charge on any atom is 0.163 e. The Morgan fingerprint density at radius 3 is 2.33 bits per heavy atom. The molecule has 0 amide bonds. The van der Waals surface area contributed by atoms with Gasteiger partial charge in [-0.2, -0.15) is 0 Å². The van der Waals surface area contributed by atoms with E-state index in [1.807, 2.05) is 26.0 Å². The minimum Gasteiger partial charge on any atom is -0.496 e. The highest BCUT2D eigenvalue weighted by atomic mass is 16.5. The molecular formula is C18H24O3. The van der Waals surface area contributed by atoms with Gasteiger partial charge in [0.2, 0.25) is 0 Å². The van der Waals surface area contributed by atoms with Crippen LogP contribution in [0.15, 0.2) is 18.2 Å². The zero-order chi connectivity index (χ0) is 16.0. The van der Waals surface area contributed by atoms with Gasteiger partial charge in [-0.25, -0.2) is 0 Å². The number of ketones is 1. The molecule has 0 saturated heterocycles. The SMILES string of the molecule is COc1cc2c(cc1C(C)=O)C(C(C)(C)C)=CC(C)(C)O2. The van der Waals surface area contributed by atoms with Gasteiger partial charge in [0.15, 0.2) is 5.78 Å². The third-order valence-electron chi connectivity index (χ3n) is 3.64. The molecule has 21 heavy (non-hydrogen) atoms. The van der Waals surface area contributed by atoms with E-state index < -0.39 is 0 Å². The average Bonchev–Trinajstić information content (AvgIpc) is 2.33. The lowest BCUT2D eigenvalue weighted by atomic mass is 9.77. The van der Waals surface area contributed by atoms with Gasteiger partial charge in [0, 0.05) is 11.6 Å². The molecule has 1 aliphatic heterocycles. The fraction of sp³-hybridized carbons (Fsp3) is 0.500. The number of allylic oxidation sites excluding steroid dienone is 1. The van der Waals surface area contributed by atoms with Crippen LogP contribution in [0, 0.1) is 5.41 Å². The molecule has 2 rings (SSSR count). The summed E-state index contributed by atoms with van der Waals surface area (Å²) >= 11 is 0. The summed E-state index contributed by atoms with van der Waals surface area (Å²) in [5.41, 5.74) is 2.36. The van der Waals surface area contributed by atoms with E-state index in [4.69, 9.17) is 9.47 Å². The van der Waals surface area contributed by atoms with Crippen molar-refractivity contribution in [3.8, 4) is 11.5 Å². The molecular weight excluding hydrogens is 264 g/mol. The number of methoxy groups -OCH3 is 1. The van der Waals surface area contributed by atoms with E-state index in [-0.39, 0.29) is 16.8 Å². The molecule has 0 atom stereocenters. The van der Waals surface area contributed by atoms with Gasteiger partial charge >= 0.3 is 0 Å². The molecule has 0 fully saturated rings. The molecule has 0 N–H and O–H groups in total. The Balaban J connectivity index is 2.73. The lowest BCUT2D eigenvalue weighted by molar-refractivity contribution is 0.101. The number of ether oxygens (including phenoxy) is 2. The highest BCUT2D eigenvalue weighted by Crippen LogP contribution is 2.46. The summed E-state index contributed by atoms with van der Waals surface area (Å²) in [7, 11) is 1.57. The molecule has 114 valence electrons. The fourth-order valence-electron chi connectivity index (χ4n) is 2.66. The van der Waals surface area contributed by atoms with Crippen molar-refractivity contribution in [3.63, 3.8) is 0 Å². The van der Waals surface area contributed by atoms with Crippen LogP contribution in [-0.2, 0) is 0 Å². The Labute approximate surface area is 127 Å². The summed E-state index contributed by atoms with van der Waals surface area (Å²) in [4.78, 5) is 11.9. The third-order valence-corrected chi connectivity index (χ3v) is 3.64. The summed E-state index contributed by atoms with van der Waals surface area (Å²) in [6, 6.07) is 3.72. The maximum absolute atomic E-state index is 11.9. The molecule has 0 bridgehead atoms. The average molecular weight is 288 g/mol.